The van der Waals surface area contributed by atoms with Gasteiger partial charge >= 0.3 is 12.0 Å². The number of benzene rings is 5. The molecule has 0 aliphatic rings. The number of para-hydroxylation sites is 3. The van der Waals surface area contributed by atoms with Crippen LogP contribution in [0.4, 0.5) is 16.2 Å². The maximum Gasteiger partial charge on any atom is 0.326 e. The Morgan fingerprint density at radius 3 is 2.18 bits per heavy atom. The summed E-state index contributed by atoms with van der Waals surface area (Å²) in [5.74, 6) is 1.02. The summed E-state index contributed by atoms with van der Waals surface area (Å²) in [7, 11) is 0. The zero-order chi connectivity index (χ0) is 30.6. The lowest BCUT2D eigenvalue weighted by molar-refractivity contribution is -0.142. The summed E-state index contributed by atoms with van der Waals surface area (Å²) >= 11 is 1.60. The van der Waals surface area contributed by atoms with Crippen molar-refractivity contribution < 1.29 is 19.1 Å². The molecule has 0 bridgehead atoms. The fraction of sp³-hybridized carbons (Fsp3) is 0.135. The molecule has 1 N–H and O–H groups in total. The predicted molar refractivity (Wildman–Crippen MR) is 177 cm³/mol. The van der Waals surface area contributed by atoms with Crippen molar-refractivity contribution in [2.75, 3.05) is 23.4 Å². The fourth-order valence-corrected chi connectivity index (χ4v) is 5.47. The number of nitrogens with one attached hydrogen (secondary N) is 1. The van der Waals surface area contributed by atoms with Crippen molar-refractivity contribution in [1.82, 2.24) is 0 Å². The second-order valence-electron chi connectivity index (χ2n) is 9.95. The van der Waals surface area contributed by atoms with Crippen LogP contribution < -0.4 is 15.0 Å². The Bertz CT molecular complexity index is 1660. The van der Waals surface area contributed by atoms with E-state index in [0.717, 1.165) is 26.6 Å². The van der Waals surface area contributed by atoms with Gasteiger partial charge in [0.25, 0.3) is 0 Å². The molecule has 7 heteroatoms. The van der Waals surface area contributed by atoms with Crippen molar-refractivity contribution >= 4 is 35.1 Å². The largest absolute Gasteiger partial charge is 0.466 e. The maximum atomic E-state index is 13.9. The van der Waals surface area contributed by atoms with E-state index in [1.807, 2.05) is 121 Å². The van der Waals surface area contributed by atoms with Crippen LogP contribution in [-0.4, -0.2) is 25.2 Å². The van der Waals surface area contributed by atoms with Crippen molar-refractivity contribution in [3.63, 3.8) is 0 Å². The number of carbonyl (C=O) groups excluding carboxylic acids is 2. The highest BCUT2D eigenvalue weighted by atomic mass is 32.2. The molecule has 0 spiro atoms. The minimum absolute atomic E-state index is 0.233. The van der Waals surface area contributed by atoms with E-state index in [9.17, 15) is 9.59 Å². The van der Waals surface area contributed by atoms with Crippen LogP contribution in [0.2, 0.25) is 0 Å². The zero-order valence-electron chi connectivity index (χ0n) is 24.5. The number of anilines is 2. The fourth-order valence-electron chi connectivity index (χ4n) is 4.60. The van der Waals surface area contributed by atoms with E-state index in [4.69, 9.17) is 9.47 Å². The van der Waals surface area contributed by atoms with Gasteiger partial charge in [-0.1, -0.05) is 90.6 Å². The normalized spacial score (nSPS) is 10.6. The Balaban J connectivity index is 1.35. The Kier molecular flexibility index (Phi) is 10.7. The first-order valence-corrected chi connectivity index (χ1v) is 15.4. The van der Waals surface area contributed by atoms with Gasteiger partial charge in [-0.25, -0.2) is 4.79 Å². The van der Waals surface area contributed by atoms with Gasteiger partial charge in [0.05, 0.1) is 18.7 Å². The molecule has 0 fully saturated rings. The molecule has 5 rings (SSSR count). The van der Waals surface area contributed by atoms with Gasteiger partial charge in [-0.15, -0.1) is 0 Å². The second-order valence-corrected chi connectivity index (χ2v) is 11.1. The van der Waals surface area contributed by atoms with Gasteiger partial charge in [-0.05, 0) is 79.1 Å². The third-order valence-corrected chi connectivity index (χ3v) is 7.75. The quantitative estimate of drug-likeness (QED) is 0.144. The van der Waals surface area contributed by atoms with Gasteiger partial charge in [-0.3, -0.25) is 9.69 Å². The molecule has 5 aromatic carbocycles. The van der Waals surface area contributed by atoms with E-state index >= 15 is 0 Å². The molecule has 0 heterocycles. The van der Waals surface area contributed by atoms with Crippen LogP contribution >= 0.6 is 11.8 Å². The molecule has 0 aliphatic heterocycles. The van der Waals surface area contributed by atoms with E-state index in [1.54, 1.807) is 23.6 Å². The van der Waals surface area contributed by atoms with Crippen molar-refractivity contribution in [1.29, 1.82) is 0 Å². The Labute approximate surface area is 262 Å². The summed E-state index contributed by atoms with van der Waals surface area (Å²) in [6.45, 7) is 2.66. The molecule has 0 saturated heterocycles. The molecule has 0 atom stereocenters. The van der Waals surface area contributed by atoms with E-state index in [-0.39, 0.29) is 18.4 Å². The van der Waals surface area contributed by atoms with Crippen LogP contribution in [0.1, 0.15) is 18.1 Å². The molecule has 2 amide bonds. The lowest BCUT2D eigenvalue weighted by atomic mass is 10.1. The second kappa shape index (κ2) is 15.5. The van der Waals surface area contributed by atoms with Gasteiger partial charge < -0.3 is 14.8 Å². The van der Waals surface area contributed by atoms with Crippen LogP contribution in [0.25, 0.3) is 0 Å². The topological polar surface area (TPSA) is 67.9 Å². The molecule has 0 saturated carbocycles. The van der Waals surface area contributed by atoms with E-state index in [0.29, 0.717) is 36.8 Å². The van der Waals surface area contributed by atoms with Gasteiger partial charge in [-0.2, -0.15) is 0 Å². The molecule has 5 aromatic rings. The van der Waals surface area contributed by atoms with Gasteiger partial charge in [0, 0.05) is 22.0 Å². The van der Waals surface area contributed by atoms with Crippen molar-refractivity contribution in [3.8, 4) is 11.5 Å². The summed E-state index contributed by atoms with van der Waals surface area (Å²) in [4.78, 5) is 29.5. The molecule has 44 heavy (non-hydrogen) atoms. The number of rotatable bonds is 12. The number of nitrogens with zero attached hydrogens (tertiary/aromatic N) is 1. The highest BCUT2D eigenvalue weighted by molar-refractivity contribution is 7.99. The van der Waals surface area contributed by atoms with Gasteiger partial charge in [0.1, 0.15) is 5.75 Å². The summed E-state index contributed by atoms with van der Waals surface area (Å²) in [6, 6.07) is 42.6. The summed E-state index contributed by atoms with van der Waals surface area (Å²) in [5.41, 5.74) is 3.41. The Morgan fingerprint density at radius 1 is 0.727 bits per heavy atom. The first kappa shape index (κ1) is 30.4. The average Bonchev–Trinajstić information content (AvgIpc) is 3.04. The van der Waals surface area contributed by atoms with Crippen molar-refractivity contribution in [2.45, 2.75) is 29.6 Å². The van der Waals surface area contributed by atoms with Crippen LogP contribution in [0, 0.1) is 0 Å². The molecule has 222 valence electrons. The third kappa shape index (κ3) is 8.75. The number of hydrogen-bond donors (Lipinski definition) is 1. The Morgan fingerprint density at radius 2 is 1.43 bits per heavy atom. The highest BCUT2D eigenvalue weighted by Gasteiger charge is 2.19. The van der Waals surface area contributed by atoms with Crippen LogP contribution in [0.5, 0.6) is 11.5 Å². The summed E-state index contributed by atoms with van der Waals surface area (Å²) < 4.78 is 11.1. The Hall–Kier alpha value is -5.01. The lowest BCUT2D eigenvalue weighted by Gasteiger charge is -2.24. The van der Waals surface area contributed by atoms with Crippen molar-refractivity contribution in [2.24, 2.45) is 0 Å². The van der Waals surface area contributed by atoms with E-state index in [2.05, 4.69) is 17.4 Å². The first-order chi connectivity index (χ1) is 21.6. The smallest absolute Gasteiger partial charge is 0.326 e. The van der Waals surface area contributed by atoms with Crippen LogP contribution in [0.15, 0.2) is 143 Å². The standard InChI is InChI=1S/C37H34N2O4S/c1-2-42-36(40)26-29-20-22-32(23-21-29)44-33-17-11-14-30(27-33)39(25-24-28-12-5-3-6-13-28)37(41)38-34-18-9-10-19-35(34)43-31-15-7-4-8-16-31/h3-23,27H,2,24-26H2,1H3,(H,38,41). The van der Waals surface area contributed by atoms with Crippen LogP contribution in [-0.2, 0) is 22.4 Å². The first-order valence-electron chi connectivity index (χ1n) is 14.5. The highest BCUT2D eigenvalue weighted by Crippen LogP contribution is 2.33. The monoisotopic (exact) mass is 602 g/mol. The lowest BCUT2D eigenvalue weighted by Crippen LogP contribution is -2.36. The van der Waals surface area contributed by atoms with E-state index in [1.165, 1.54) is 0 Å². The van der Waals surface area contributed by atoms with Crippen LogP contribution in [0.3, 0.4) is 0 Å². The van der Waals surface area contributed by atoms with E-state index < -0.39 is 0 Å². The third-order valence-electron chi connectivity index (χ3n) is 6.75. The molecular weight excluding hydrogens is 568 g/mol. The molecule has 6 nitrogen and oxygen atoms in total. The SMILES string of the molecule is CCOC(=O)Cc1ccc(Sc2cccc(N(CCc3ccccc3)C(=O)Nc3ccccc3Oc3ccccc3)c2)cc1. The molecule has 0 aliphatic carbocycles. The minimum atomic E-state index is -0.254. The molecular formula is C37H34N2O4S. The maximum absolute atomic E-state index is 13.9. The summed E-state index contributed by atoms with van der Waals surface area (Å²) in [5, 5.41) is 3.08. The summed E-state index contributed by atoms with van der Waals surface area (Å²) in [6.07, 6.45) is 0.939. The molecule has 0 aromatic heterocycles. The molecule has 0 unspecified atom stereocenters. The number of ether oxygens (including phenoxy) is 2. The predicted octanol–water partition coefficient (Wildman–Crippen LogP) is 9.02. The van der Waals surface area contributed by atoms with Crippen molar-refractivity contribution in [3.05, 3.63) is 145 Å². The number of amides is 2. The number of carbonyl (C=O) groups is 2. The van der Waals surface area contributed by atoms with Gasteiger partial charge in [0.2, 0.25) is 0 Å². The average molecular weight is 603 g/mol. The number of esters is 1. The number of urea groups is 1. The molecule has 0 radical (unpaired) electrons. The number of hydrogen-bond acceptors (Lipinski definition) is 5. The van der Waals surface area contributed by atoms with Gasteiger partial charge in [0.15, 0.2) is 5.75 Å². The minimum Gasteiger partial charge on any atom is -0.466 e. The zero-order valence-corrected chi connectivity index (χ0v) is 25.3.